The van der Waals surface area contributed by atoms with Crippen molar-refractivity contribution in [3.63, 3.8) is 0 Å². The Morgan fingerprint density at radius 1 is 1.42 bits per heavy atom. The van der Waals surface area contributed by atoms with Gasteiger partial charge in [-0.25, -0.2) is 9.18 Å². The minimum atomic E-state index is -4.31. The molecule has 1 aliphatic heterocycles. The number of rotatable bonds is 5. The molecule has 5 nitrogen and oxygen atoms in total. The molecule has 0 aromatic heterocycles. The van der Waals surface area contributed by atoms with Crippen molar-refractivity contribution in [2.24, 2.45) is 5.73 Å². The minimum Gasteiger partial charge on any atom is -0.450 e. The molecule has 0 spiro atoms. The van der Waals surface area contributed by atoms with Crippen LogP contribution in [0.25, 0.3) is 0 Å². The lowest BCUT2D eigenvalue weighted by atomic mass is 10.3. The van der Waals surface area contributed by atoms with Gasteiger partial charge in [-0.05, 0) is 11.6 Å². The van der Waals surface area contributed by atoms with E-state index in [1.807, 2.05) is 0 Å². The first-order valence-electron chi connectivity index (χ1n) is 4.87. The summed E-state index contributed by atoms with van der Waals surface area (Å²) in [6.45, 7) is -0.702. The van der Waals surface area contributed by atoms with E-state index in [0.717, 1.165) is 0 Å². The zero-order valence-electron chi connectivity index (χ0n) is 9.18. The van der Waals surface area contributed by atoms with Crippen LogP contribution in [0.5, 0.6) is 0 Å². The lowest BCUT2D eigenvalue weighted by Gasteiger charge is -2.35. The van der Waals surface area contributed by atoms with Crippen LogP contribution in [0.2, 0.25) is 0 Å². The van der Waals surface area contributed by atoms with Gasteiger partial charge in [0.05, 0.1) is 19.3 Å². The van der Waals surface area contributed by atoms with E-state index < -0.39 is 34.6 Å². The number of carbonyl (C=O) groups is 1. The molecule has 0 saturated carbocycles. The molecule has 1 amide bonds. The average molecular weight is 347 g/mol. The van der Waals surface area contributed by atoms with Crippen LogP contribution in [0.1, 0.15) is 6.42 Å². The maximum atomic E-state index is 13.5. The van der Waals surface area contributed by atoms with Crippen molar-refractivity contribution >= 4 is 40.9 Å². The number of alkyl halides is 6. The topological polar surface area (TPSA) is 70.8 Å². The Morgan fingerprint density at radius 2 is 2.00 bits per heavy atom. The SMILES string of the molecule is NC(=O)OCCC1COC(C(F)(F)Cl)(C(F)(Cl)Cl)O1. The Bertz CT molecular complexity index is 333. The average Bonchev–Trinajstić information content (AvgIpc) is 2.60. The number of hydrogen-bond acceptors (Lipinski definition) is 4. The molecule has 1 rings (SSSR count). The predicted molar refractivity (Wildman–Crippen MR) is 60.1 cm³/mol. The van der Waals surface area contributed by atoms with Gasteiger partial charge in [0.25, 0.3) is 0 Å². The van der Waals surface area contributed by atoms with Crippen LogP contribution < -0.4 is 5.73 Å². The van der Waals surface area contributed by atoms with E-state index in [1.165, 1.54) is 0 Å². The van der Waals surface area contributed by atoms with Crippen molar-refractivity contribution in [2.45, 2.75) is 28.3 Å². The van der Waals surface area contributed by atoms with E-state index in [0.29, 0.717) is 0 Å². The largest absolute Gasteiger partial charge is 0.450 e. The molecule has 112 valence electrons. The normalized spacial score (nSPS) is 28.4. The summed E-state index contributed by atoms with van der Waals surface area (Å²) in [5, 5.41) is -4.31. The smallest absolute Gasteiger partial charge is 0.404 e. The van der Waals surface area contributed by atoms with Gasteiger partial charge in [0.1, 0.15) is 0 Å². The van der Waals surface area contributed by atoms with E-state index in [2.05, 4.69) is 14.2 Å². The predicted octanol–water partition coefficient (Wildman–Crippen LogP) is 2.52. The molecule has 1 saturated heterocycles. The number of carbonyl (C=O) groups excluding carboxylic acids is 1. The van der Waals surface area contributed by atoms with Crippen LogP contribution in [0, 0.1) is 0 Å². The number of nitrogens with two attached hydrogens (primary N) is 1. The van der Waals surface area contributed by atoms with Gasteiger partial charge in [-0.3, -0.25) is 0 Å². The Labute approximate surface area is 121 Å². The van der Waals surface area contributed by atoms with Crippen LogP contribution in [-0.4, -0.2) is 41.2 Å². The highest BCUT2D eigenvalue weighted by Gasteiger charge is 2.72. The van der Waals surface area contributed by atoms with Crippen LogP contribution in [0.4, 0.5) is 18.0 Å². The van der Waals surface area contributed by atoms with Crippen molar-refractivity contribution in [2.75, 3.05) is 13.2 Å². The highest BCUT2D eigenvalue weighted by atomic mass is 35.5. The fourth-order valence-corrected chi connectivity index (χ4v) is 2.17. The summed E-state index contributed by atoms with van der Waals surface area (Å²) in [5.74, 6) is -3.35. The Balaban J connectivity index is 2.71. The molecular formula is C8H9Cl3F3NO4. The van der Waals surface area contributed by atoms with Gasteiger partial charge in [0.15, 0.2) is 0 Å². The molecule has 1 heterocycles. The Morgan fingerprint density at radius 3 is 2.37 bits per heavy atom. The summed E-state index contributed by atoms with van der Waals surface area (Å²) in [4.78, 5) is 10.3. The van der Waals surface area contributed by atoms with Crippen LogP contribution in [0.15, 0.2) is 0 Å². The fourth-order valence-electron chi connectivity index (χ4n) is 1.40. The van der Waals surface area contributed by atoms with Gasteiger partial charge >= 0.3 is 21.8 Å². The van der Waals surface area contributed by atoms with Gasteiger partial charge in [0.2, 0.25) is 0 Å². The van der Waals surface area contributed by atoms with Crippen molar-refractivity contribution < 1.29 is 32.2 Å². The molecule has 11 heteroatoms. The van der Waals surface area contributed by atoms with Crippen molar-refractivity contribution in [1.29, 1.82) is 0 Å². The molecular weight excluding hydrogens is 337 g/mol. The highest BCUT2D eigenvalue weighted by molar-refractivity contribution is 6.48. The molecule has 0 aromatic carbocycles. The van der Waals surface area contributed by atoms with Gasteiger partial charge in [-0.2, -0.15) is 8.78 Å². The summed E-state index contributed by atoms with van der Waals surface area (Å²) >= 11 is 14.8. The Hall–Kier alpha value is -0.150. The fraction of sp³-hybridized carbons (Fsp3) is 0.875. The lowest BCUT2D eigenvalue weighted by Crippen LogP contribution is -2.56. The van der Waals surface area contributed by atoms with Gasteiger partial charge < -0.3 is 19.9 Å². The zero-order chi connectivity index (χ0) is 14.9. The summed E-state index contributed by atoms with van der Waals surface area (Å²) in [7, 11) is 0. The summed E-state index contributed by atoms with van der Waals surface area (Å²) in [5.41, 5.74) is 4.69. The van der Waals surface area contributed by atoms with E-state index in [9.17, 15) is 18.0 Å². The van der Waals surface area contributed by atoms with Crippen LogP contribution in [-0.2, 0) is 14.2 Å². The molecule has 2 atom stereocenters. The minimum absolute atomic E-state index is 0.0818. The van der Waals surface area contributed by atoms with Gasteiger partial charge in [0, 0.05) is 6.42 Å². The summed E-state index contributed by atoms with van der Waals surface area (Å²) < 4.78 is 49.9. The zero-order valence-corrected chi connectivity index (χ0v) is 11.4. The molecule has 2 unspecified atom stereocenters. The Kier molecular flexibility index (Phi) is 5.06. The molecule has 2 N–H and O–H groups in total. The van der Waals surface area contributed by atoms with E-state index in [1.54, 1.807) is 0 Å². The lowest BCUT2D eigenvalue weighted by molar-refractivity contribution is -0.286. The first-order valence-corrected chi connectivity index (χ1v) is 6.00. The molecule has 0 radical (unpaired) electrons. The third-order valence-electron chi connectivity index (χ3n) is 2.24. The standard InChI is InChI=1S/C8H9Cl3F3NO4/c9-7(10,12)6(8(11,13)14)18-3-4(19-6)1-2-17-5(15)16/h4H,1-3H2,(H2,15,16). The quantitative estimate of drug-likeness (QED) is 0.777. The molecule has 19 heavy (non-hydrogen) atoms. The third-order valence-corrected chi connectivity index (χ3v) is 2.98. The van der Waals surface area contributed by atoms with E-state index in [4.69, 9.17) is 40.5 Å². The third kappa shape index (κ3) is 3.69. The van der Waals surface area contributed by atoms with E-state index in [-0.39, 0.29) is 13.0 Å². The van der Waals surface area contributed by atoms with Gasteiger partial charge in [-0.1, -0.05) is 23.2 Å². The van der Waals surface area contributed by atoms with Crippen LogP contribution in [0.3, 0.4) is 0 Å². The maximum Gasteiger partial charge on any atom is 0.404 e. The second-order valence-corrected chi connectivity index (χ2v) is 5.33. The molecule has 0 aromatic rings. The first-order chi connectivity index (χ1) is 8.49. The maximum absolute atomic E-state index is 13.5. The van der Waals surface area contributed by atoms with Crippen molar-refractivity contribution in [3.05, 3.63) is 0 Å². The molecule has 0 bridgehead atoms. The number of amides is 1. The first kappa shape index (κ1) is 16.9. The number of halogens is 6. The highest BCUT2D eigenvalue weighted by Crippen LogP contribution is 2.53. The summed E-state index contributed by atoms with van der Waals surface area (Å²) in [6.07, 6.45) is -2.18. The second-order valence-electron chi connectivity index (χ2n) is 3.62. The number of ether oxygens (including phenoxy) is 3. The monoisotopic (exact) mass is 345 g/mol. The number of hydrogen-bond donors (Lipinski definition) is 1. The number of primary amides is 1. The molecule has 1 aliphatic rings. The molecule has 0 aliphatic carbocycles. The second kappa shape index (κ2) is 5.69. The van der Waals surface area contributed by atoms with Crippen molar-refractivity contribution in [3.8, 4) is 0 Å². The van der Waals surface area contributed by atoms with Crippen LogP contribution >= 0.6 is 34.8 Å². The van der Waals surface area contributed by atoms with E-state index >= 15 is 0 Å². The molecule has 1 fully saturated rings. The van der Waals surface area contributed by atoms with Crippen molar-refractivity contribution in [1.82, 2.24) is 0 Å². The van der Waals surface area contributed by atoms with Gasteiger partial charge in [-0.15, -0.1) is 0 Å². The summed E-state index contributed by atoms with van der Waals surface area (Å²) in [6, 6.07) is 0.